The van der Waals surface area contributed by atoms with Crippen LogP contribution in [0.2, 0.25) is 0 Å². The number of rotatable bonds is 5. The van der Waals surface area contributed by atoms with Crippen molar-refractivity contribution in [1.29, 1.82) is 0 Å². The third kappa shape index (κ3) is 2.34. The molecule has 2 aliphatic rings. The molecule has 14 heavy (non-hydrogen) atoms. The lowest BCUT2D eigenvalue weighted by molar-refractivity contribution is 0.416. The third-order valence-corrected chi connectivity index (χ3v) is 4.63. The molecule has 0 amide bonds. The Kier molecular flexibility index (Phi) is 3.56. The Morgan fingerprint density at radius 2 is 2.29 bits per heavy atom. The monoisotopic (exact) mass is 211 g/mol. The van der Waals surface area contributed by atoms with E-state index in [1.54, 1.807) is 0 Å². The van der Waals surface area contributed by atoms with E-state index in [0.29, 0.717) is 0 Å². The van der Waals surface area contributed by atoms with E-state index in [0.717, 1.165) is 23.0 Å². The molecule has 0 radical (unpaired) electrons. The first-order valence-electron chi connectivity index (χ1n) is 5.71. The number of hydrogen-bond donors (Lipinski definition) is 1. The predicted octanol–water partition coefficient (Wildman–Crippen LogP) is 2.54. The van der Waals surface area contributed by atoms with Crippen molar-refractivity contribution in [2.45, 2.75) is 25.0 Å². The van der Waals surface area contributed by atoms with Crippen LogP contribution in [0.4, 0.5) is 0 Å². The van der Waals surface area contributed by atoms with Gasteiger partial charge in [-0.15, -0.1) is 0 Å². The highest BCUT2D eigenvalue weighted by Gasteiger charge is 2.34. The van der Waals surface area contributed by atoms with Gasteiger partial charge in [0, 0.05) is 11.8 Å². The molecule has 1 saturated carbocycles. The zero-order chi connectivity index (χ0) is 9.97. The molecule has 0 spiro atoms. The molecule has 4 unspecified atom stereocenters. The molecule has 0 aliphatic heterocycles. The van der Waals surface area contributed by atoms with Crippen LogP contribution < -0.4 is 5.32 Å². The van der Waals surface area contributed by atoms with E-state index in [2.05, 4.69) is 30.6 Å². The van der Waals surface area contributed by atoms with Gasteiger partial charge in [0.2, 0.25) is 0 Å². The molecule has 1 N–H and O–H groups in total. The van der Waals surface area contributed by atoms with Crippen molar-refractivity contribution in [2.24, 2.45) is 17.8 Å². The highest BCUT2D eigenvalue weighted by molar-refractivity contribution is 7.99. The van der Waals surface area contributed by atoms with Gasteiger partial charge in [-0.1, -0.05) is 19.1 Å². The fourth-order valence-electron chi connectivity index (χ4n) is 2.68. The summed E-state index contributed by atoms with van der Waals surface area (Å²) in [6, 6.07) is 0. The Labute approximate surface area is 91.7 Å². The summed E-state index contributed by atoms with van der Waals surface area (Å²) in [6.07, 6.45) is 9.92. The average Bonchev–Trinajstić information content (AvgIpc) is 2.79. The Balaban J connectivity index is 1.65. The van der Waals surface area contributed by atoms with Crippen LogP contribution in [-0.4, -0.2) is 24.6 Å². The Morgan fingerprint density at radius 3 is 2.86 bits per heavy atom. The van der Waals surface area contributed by atoms with Crippen molar-refractivity contribution in [1.82, 2.24) is 5.32 Å². The second-order valence-corrected chi connectivity index (χ2v) is 6.02. The molecule has 0 aromatic carbocycles. The van der Waals surface area contributed by atoms with Crippen LogP contribution in [0.5, 0.6) is 0 Å². The van der Waals surface area contributed by atoms with Crippen molar-refractivity contribution in [3.8, 4) is 0 Å². The molecule has 2 rings (SSSR count). The molecule has 2 bridgehead atoms. The van der Waals surface area contributed by atoms with E-state index in [1.807, 2.05) is 11.8 Å². The number of hydrogen-bond acceptors (Lipinski definition) is 2. The summed E-state index contributed by atoms with van der Waals surface area (Å²) in [7, 11) is 0. The minimum atomic E-state index is 0.754. The molecule has 1 fully saturated rings. The second kappa shape index (κ2) is 4.71. The largest absolute Gasteiger partial charge is 0.315 e. The highest BCUT2D eigenvalue weighted by Crippen LogP contribution is 2.42. The van der Waals surface area contributed by atoms with Crippen LogP contribution in [-0.2, 0) is 0 Å². The maximum absolute atomic E-state index is 3.61. The van der Waals surface area contributed by atoms with Gasteiger partial charge in [-0.3, -0.25) is 0 Å². The molecule has 0 heterocycles. The zero-order valence-corrected chi connectivity index (χ0v) is 10.0. The van der Waals surface area contributed by atoms with Crippen LogP contribution >= 0.6 is 11.8 Å². The maximum atomic E-state index is 3.61. The topological polar surface area (TPSA) is 12.0 Å². The number of fused-ring (bicyclic) bond motifs is 2. The first-order chi connectivity index (χ1) is 6.79. The lowest BCUT2D eigenvalue weighted by Crippen LogP contribution is -2.29. The lowest BCUT2D eigenvalue weighted by Gasteiger charge is -2.19. The molecular formula is C12H21NS. The van der Waals surface area contributed by atoms with Gasteiger partial charge in [0.25, 0.3) is 0 Å². The summed E-state index contributed by atoms with van der Waals surface area (Å²) in [5.41, 5.74) is 0. The minimum Gasteiger partial charge on any atom is -0.315 e. The van der Waals surface area contributed by atoms with Gasteiger partial charge in [0.15, 0.2) is 0 Å². The Bertz CT molecular complexity index is 214. The van der Waals surface area contributed by atoms with E-state index in [1.165, 1.54) is 25.9 Å². The van der Waals surface area contributed by atoms with E-state index in [4.69, 9.17) is 0 Å². The molecular weight excluding hydrogens is 190 g/mol. The van der Waals surface area contributed by atoms with Gasteiger partial charge < -0.3 is 5.32 Å². The number of thioether (sulfide) groups is 1. The summed E-state index contributed by atoms with van der Waals surface area (Å²) in [5, 5.41) is 4.36. The van der Waals surface area contributed by atoms with Crippen molar-refractivity contribution < 1.29 is 0 Å². The summed E-state index contributed by atoms with van der Waals surface area (Å²) in [6.45, 7) is 4.69. The van der Waals surface area contributed by atoms with Crippen molar-refractivity contribution in [3.63, 3.8) is 0 Å². The zero-order valence-electron chi connectivity index (χ0n) is 9.20. The van der Waals surface area contributed by atoms with Crippen LogP contribution in [0.25, 0.3) is 0 Å². The molecule has 1 nitrogen and oxygen atoms in total. The van der Waals surface area contributed by atoms with E-state index in [9.17, 15) is 0 Å². The molecule has 2 aliphatic carbocycles. The minimum absolute atomic E-state index is 0.754. The SMILES string of the molecule is CSC(C)CNCC1CC2C=CC1C2. The first-order valence-corrected chi connectivity index (χ1v) is 7.00. The van der Waals surface area contributed by atoms with Crippen LogP contribution in [0.15, 0.2) is 12.2 Å². The van der Waals surface area contributed by atoms with Crippen molar-refractivity contribution >= 4 is 11.8 Å². The Morgan fingerprint density at radius 1 is 1.43 bits per heavy atom. The van der Waals surface area contributed by atoms with Crippen LogP contribution in [0.1, 0.15) is 19.8 Å². The molecule has 0 aromatic heterocycles. The first kappa shape index (κ1) is 10.6. The normalized spacial score (nSPS) is 36.6. The molecule has 0 saturated heterocycles. The smallest absolute Gasteiger partial charge is 0.0141 e. The van der Waals surface area contributed by atoms with Crippen molar-refractivity contribution in [3.05, 3.63) is 12.2 Å². The Hall–Kier alpha value is 0.0500. The van der Waals surface area contributed by atoms with Gasteiger partial charge in [0.1, 0.15) is 0 Å². The van der Waals surface area contributed by atoms with E-state index < -0.39 is 0 Å². The van der Waals surface area contributed by atoms with Crippen LogP contribution in [0, 0.1) is 17.8 Å². The lowest BCUT2D eigenvalue weighted by atomic mass is 9.94. The second-order valence-electron chi connectivity index (χ2n) is 4.74. The van der Waals surface area contributed by atoms with Crippen LogP contribution in [0.3, 0.4) is 0 Å². The fourth-order valence-corrected chi connectivity index (χ4v) is 2.97. The standard InChI is InChI=1S/C12H21NS/c1-9(14-2)7-13-8-12-6-10-3-4-11(12)5-10/h3-4,9-13H,5-8H2,1-2H3. The summed E-state index contributed by atoms with van der Waals surface area (Å²) >= 11 is 1.95. The summed E-state index contributed by atoms with van der Waals surface area (Å²) < 4.78 is 0. The van der Waals surface area contributed by atoms with Gasteiger partial charge in [-0.2, -0.15) is 11.8 Å². The predicted molar refractivity (Wildman–Crippen MR) is 64.7 cm³/mol. The van der Waals surface area contributed by atoms with Gasteiger partial charge >= 0.3 is 0 Å². The molecule has 2 heteroatoms. The van der Waals surface area contributed by atoms with Gasteiger partial charge in [0.05, 0.1) is 0 Å². The third-order valence-electron chi connectivity index (χ3n) is 3.66. The maximum Gasteiger partial charge on any atom is 0.0141 e. The average molecular weight is 211 g/mol. The van der Waals surface area contributed by atoms with Gasteiger partial charge in [-0.25, -0.2) is 0 Å². The fraction of sp³-hybridized carbons (Fsp3) is 0.833. The molecule has 80 valence electrons. The highest BCUT2D eigenvalue weighted by atomic mass is 32.2. The number of allylic oxidation sites excluding steroid dienone is 2. The summed E-state index contributed by atoms with van der Waals surface area (Å²) in [4.78, 5) is 0. The number of nitrogens with one attached hydrogen (secondary N) is 1. The quantitative estimate of drug-likeness (QED) is 0.701. The molecule has 0 aromatic rings. The summed E-state index contributed by atoms with van der Waals surface area (Å²) in [5.74, 6) is 2.75. The van der Waals surface area contributed by atoms with E-state index >= 15 is 0 Å². The van der Waals surface area contributed by atoms with E-state index in [-0.39, 0.29) is 0 Å². The van der Waals surface area contributed by atoms with Crippen molar-refractivity contribution in [2.75, 3.05) is 19.3 Å². The molecule has 4 atom stereocenters. The van der Waals surface area contributed by atoms with Gasteiger partial charge in [-0.05, 0) is 43.4 Å².